The zero-order valence-electron chi connectivity index (χ0n) is 10.9. The molecule has 1 saturated heterocycles. The molecule has 1 aliphatic rings. The summed E-state index contributed by atoms with van der Waals surface area (Å²) in [4.78, 5) is 35.0. The molecule has 0 spiro atoms. The van der Waals surface area contributed by atoms with E-state index in [1.807, 2.05) is 0 Å². The van der Waals surface area contributed by atoms with E-state index >= 15 is 0 Å². The van der Waals surface area contributed by atoms with E-state index in [-0.39, 0.29) is 18.1 Å². The van der Waals surface area contributed by atoms with E-state index in [1.54, 1.807) is 0 Å². The van der Waals surface area contributed by atoms with Gasteiger partial charge in [0, 0.05) is 6.54 Å². The third-order valence-corrected chi connectivity index (χ3v) is 3.17. The number of hydrogen-bond acceptors (Lipinski definition) is 6. The third kappa shape index (κ3) is 2.76. The molecule has 0 radical (unpaired) electrons. The highest BCUT2D eigenvalue weighted by atomic mass is 16.6. The number of nitro groups is 1. The van der Waals surface area contributed by atoms with Gasteiger partial charge in [-0.1, -0.05) is 0 Å². The number of methoxy groups -OCH3 is 1. The van der Waals surface area contributed by atoms with Gasteiger partial charge in [0.2, 0.25) is 5.91 Å². The Morgan fingerprint density at radius 3 is 2.95 bits per heavy atom. The standard InChI is InChI=1S/C11H14N4O5/c1-20-11(17)9-3-2-4-14(9)10(16)7-13-6-8(5-12-13)15(18)19/h5-6,9H,2-4,7H2,1H3. The Kier molecular flexibility index (Phi) is 3.97. The van der Waals surface area contributed by atoms with Crippen LogP contribution in [0.5, 0.6) is 0 Å². The Hall–Kier alpha value is -2.45. The van der Waals surface area contributed by atoms with E-state index in [0.29, 0.717) is 13.0 Å². The number of aromatic nitrogens is 2. The van der Waals surface area contributed by atoms with Crippen molar-refractivity contribution in [2.24, 2.45) is 0 Å². The summed E-state index contributed by atoms with van der Waals surface area (Å²) < 4.78 is 5.84. The lowest BCUT2D eigenvalue weighted by Crippen LogP contribution is -2.42. The van der Waals surface area contributed by atoms with Gasteiger partial charge in [0.25, 0.3) is 0 Å². The molecule has 2 heterocycles. The molecular weight excluding hydrogens is 268 g/mol. The zero-order chi connectivity index (χ0) is 14.7. The molecule has 0 aromatic carbocycles. The average Bonchev–Trinajstić information content (AvgIpc) is 3.06. The van der Waals surface area contributed by atoms with Crippen LogP contribution in [0.4, 0.5) is 5.69 Å². The normalized spacial score (nSPS) is 18.1. The highest BCUT2D eigenvalue weighted by molar-refractivity contribution is 5.85. The number of carbonyl (C=O) groups excluding carboxylic acids is 2. The second-order valence-corrected chi connectivity index (χ2v) is 4.42. The molecule has 1 aliphatic heterocycles. The molecule has 1 fully saturated rings. The molecule has 0 aliphatic carbocycles. The van der Waals surface area contributed by atoms with Crippen LogP contribution in [0.2, 0.25) is 0 Å². The van der Waals surface area contributed by atoms with Gasteiger partial charge in [0.05, 0.1) is 12.0 Å². The van der Waals surface area contributed by atoms with Crippen LogP contribution in [0, 0.1) is 10.1 Å². The van der Waals surface area contributed by atoms with Crippen molar-refractivity contribution in [2.75, 3.05) is 13.7 Å². The molecule has 1 unspecified atom stereocenters. The Bertz CT molecular complexity index is 541. The number of amides is 1. The predicted molar refractivity (Wildman–Crippen MR) is 65.6 cm³/mol. The molecule has 1 aromatic heterocycles. The van der Waals surface area contributed by atoms with Crippen LogP contribution < -0.4 is 0 Å². The maximum Gasteiger partial charge on any atom is 0.328 e. The summed E-state index contributed by atoms with van der Waals surface area (Å²) in [6, 6.07) is -0.571. The lowest BCUT2D eigenvalue weighted by Gasteiger charge is -2.22. The minimum Gasteiger partial charge on any atom is -0.467 e. The minimum absolute atomic E-state index is 0.138. The van der Waals surface area contributed by atoms with Gasteiger partial charge in [-0.05, 0) is 12.8 Å². The summed E-state index contributed by atoms with van der Waals surface area (Å²) in [7, 11) is 1.28. The molecule has 9 nitrogen and oxygen atoms in total. The Morgan fingerprint density at radius 1 is 1.60 bits per heavy atom. The van der Waals surface area contributed by atoms with Crippen LogP contribution in [0.25, 0.3) is 0 Å². The van der Waals surface area contributed by atoms with Crippen LogP contribution >= 0.6 is 0 Å². The number of ether oxygens (including phenoxy) is 1. The molecule has 9 heteroatoms. The van der Waals surface area contributed by atoms with E-state index in [9.17, 15) is 19.7 Å². The first-order chi connectivity index (χ1) is 9.52. The number of nitrogens with zero attached hydrogens (tertiary/aromatic N) is 4. The van der Waals surface area contributed by atoms with E-state index in [2.05, 4.69) is 9.84 Å². The second kappa shape index (κ2) is 5.68. The van der Waals surface area contributed by atoms with Crippen molar-refractivity contribution in [2.45, 2.75) is 25.4 Å². The summed E-state index contributed by atoms with van der Waals surface area (Å²) >= 11 is 0. The Labute approximate surface area is 114 Å². The number of rotatable bonds is 4. The molecule has 1 amide bonds. The fraction of sp³-hybridized carbons (Fsp3) is 0.545. The van der Waals surface area contributed by atoms with Crippen molar-refractivity contribution in [1.82, 2.24) is 14.7 Å². The molecule has 2 rings (SSSR count). The van der Waals surface area contributed by atoms with Crippen molar-refractivity contribution < 1.29 is 19.2 Å². The van der Waals surface area contributed by atoms with Gasteiger partial charge in [-0.25, -0.2) is 4.79 Å². The predicted octanol–water partition coefficient (Wildman–Crippen LogP) is -0.0447. The first-order valence-corrected chi connectivity index (χ1v) is 6.07. The molecular formula is C11H14N4O5. The van der Waals surface area contributed by atoms with Crippen molar-refractivity contribution in [3.63, 3.8) is 0 Å². The van der Waals surface area contributed by atoms with Gasteiger partial charge in [-0.15, -0.1) is 0 Å². The fourth-order valence-electron chi connectivity index (χ4n) is 2.21. The van der Waals surface area contributed by atoms with Crippen LogP contribution in [0.15, 0.2) is 12.4 Å². The molecule has 1 aromatic rings. The SMILES string of the molecule is COC(=O)C1CCCN1C(=O)Cn1cc([N+](=O)[O-])cn1. The quantitative estimate of drug-likeness (QED) is 0.435. The third-order valence-electron chi connectivity index (χ3n) is 3.17. The monoisotopic (exact) mass is 282 g/mol. The van der Waals surface area contributed by atoms with E-state index in [4.69, 9.17) is 0 Å². The maximum atomic E-state index is 12.1. The topological polar surface area (TPSA) is 108 Å². The molecule has 20 heavy (non-hydrogen) atoms. The number of hydrogen-bond donors (Lipinski definition) is 0. The number of likely N-dealkylation sites (tertiary alicyclic amines) is 1. The van der Waals surface area contributed by atoms with Crippen molar-refractivity contribution in [1.29, 1.82) is 0 Å². The van der Waals surface area contributed by atoms with Crippen molar-refractivity contribution in [3.05, 3.63) is 22.5 Å². The molecule has 0 saturated carbocycles. The fourth-order valence-corrected chi connectivity index (χ4v) is 2.21. The highest BCUT2D eigenvalue weighted by Gasteiger charge is 2.34. The molecule has 0 N–H and O–H groups in total. The van der Waals surface area contributed by atoms with Gasteiger partial charge in [-0.2, -0.15) is 5.10 Å². The Balaban J connectivity index is 2.03. The zero-order valence-corrected chi connectivity index (χ0v) is 10.9. The summed E-state index contributed by atoms with van der Waals surface area (Å²) in [5.74, 6) is -0.752. The summed E-state index contributed by atoms with van der Waals surface area (Å²) in [5.41, 5.74) is -0.177. The van der Waals surface area contributed by atoms with Crippen LogP contribution in [0.3, 0.4) is 0 Å². The Morgan fingerprint density at radius 2 is 2.35 bits per heavy atom. The van der Waals surface area contributed by atoms with E-state index < -0.39 is 16.9 Å². The van der Waals surface area contributed by atoms with Crippen LogP contribution in [0.1, 0.15) is 12.8 Å². The molecule has 108 valence electrons. The summed E-state index contributed by atoms with van der Waals surface area (Å²) in [6.07, 6.45) is 3.55. The first kappa shape index (κ1) is 14.0. The van der Waals surface area contributed by atoms with Crippen molar-refractivity contribution >= 4 is 17.6 Å². The smallest absolute Gasteiger partial charge is 0.328 e. The van der Waals surface area contributed by atoms with Crippen molar-refractivity contribution in [3.8, 4) is 0 Å². The highest BCUT2D eigenvalue weighted by Crippen LogP contribution is 2.19. The average molecular weight is 282 g/mol. The summed E-state index contributed by atoms with van der Waals surface area (Å²) in [5, 5.41) is 14.3. The molecule has 1 atom stereocenters. The van der Waals surface area contributed by atoms with E-state index in [1.165, 1.54) is 22.9 Å². The van der Waals surface area contributed by atoms with Gasteiger partial charge >= 0.3 is 11.7 Å². The lowest BCUT2D eigenvalue weighted by molar-refractivity contribution is -0.385. The number of esters is 1. The second-order valence-electron chi connectivity index (χ2n) is 4.42. The lowest BCUT2D eigenvalue weighted by atomic mass is 10.2. The van der Waals surface area contributed by atoms with Crippen LogP contribution in [-0.4, -0.2) is 51.2 Å². The largest absolute Gasteiger partial charge is 0.467 e. The van der Waals surface area contributed by atoms with Gasteiger partial charge in [-0.3, -0.25) is 19.6 Å². The first-order valence-electron chi connectivity index (χ1n) is 6.07. The number of carbonyl (C=O) groups is 2. The van der Waals surface area contributed by atoms with E-state index in [0.717, 1.165) is 12.6 Å². The maximum absolute atomic E-state index is 12.1. The summed E-state index contributed by atoms with van der Waals surface area (Å²) in [6.45, 7) is 0.337. The minimum atomic E-state index is -0.582. The van der Waals surface area contributed by atoms with Gasteiger partial charge in [0.15, 0.2) is 0 Å². The van der Waals surface area contributed by atoms with Gasteiger partial charge < -0.3 is 9.64 Å². The van der Waals surface area contributed by atoms with Gasteiger partial charge in [0.1, 0.15) is 25.0 Å². The molecule has 0 bridgehead atoms. The van der Waals surface area contributed by atoms with Crippen LogP contribution in [-0.2, 0) is 20.9 Å².